The van der Waals surface area contributed by atoms with Gasteiger partial charge in [-0.2, -0.15) is 18.2 Å². The van der Waals surface area contributed by atoms with Gasteiger partial charge in [0.2, 0.25) is 5.82 Å². The van der Waals surface area contributed by atoms with Crippen molar-refractivity contribution in [1.29, 1.82) is 0 Å². The van der Waals surface area contributed by atoms with Crippen molar-refractivity contribution in [3.05, 3.63) is 53.6 Å². The van der Waals surface area contributed by atoms with Crippen molar-refractivity contribution < 1.29 is 22.4 Å². The molecule has 0 spiro atoms. The molecule has 0 aliphatic rings. The summed E-state index contributed by atoms with van der Waals surface area (Å²) >= 11 is 5.88. The summed E-state index contributed by atoms with van der Waals surface area (Å²) in [6.07, 6.45) is -3.19. The number of pyridine rings is 1. The maximum absolute atomic E-state index is 12.5. The third kappa shape index (κ3) is 3.42. The molecule has 118 valence electrons. The van der Waals surface area contributed by atoms with Gasteiger partial charge in [0.15, 0.2) is 10.9 Å². The fourth-order valence-electron chi connectivity index (χ4n) is 1.73. The van der Waals surface area contributed by atoms with Crippen LogP contribution in [0.2, 0.25) is 5.15 Å². The predicted octanol–water partition coefficient (Wildman–Crippen LogP) is 4.60. The molecule has 0 saturated carbocycles. The first-order valence-electron chi connectivity index (χ1n) is 6.23. The standard InChI is InChI=1S/C14H7ClF3N3O2/c15-11-10(5-2-6-19-11)22-9-4-1-3-8(7-9)12-20-13(23-21-12)14(16,17)18/h1-7H. The molecular formula is C14H7ClF3N3O2. The quantitative estimate of drug-likeness (QED) is 0.652. The molecule has 0 fully saturated rings. The summed E-state index contributed by atoms with van der Waals surface area (Å²) in [4.78, 5) is 7.18. The Morgan fingerprint density at radius 1 is 1.13 bits per heavy atom. The molecule has 0 bridgehead atoms. The normalized spacial score (nSPS) is 11.5. The van der Waals surface area contributed by atoms with Crippen molar-refractivity contribution in [3.63, 3.8) is 0 Å². The fourth-order valence-corrected chi connectivity index (χ4v) is 1.89. The second-order valence-electron chi connectivity index (χ2n) is 4.34. The number of halogens is 4. The van der Waals surface area contributed by atoms with Gasteiger partial charge in [0.25, 0.3) is 0 Å². The van der Waals surface area contributed by atoms with Gasteiger partial charge in [-0.15, -0.1) is 0 Å². The number of nitrogens with zero attached hydrogens (tertiary/aromatic N) is 3. The lowest BCUT2D eigenvalue weighted by Crippen LogP contribution is -2.04. The Labute approximate surface area is 132 Å². The molecule has 0 aliphatic heterocycles. The number of hydrogen-bond acceptors (Lipinski definition) is 5. The average molecular weight is 342 g/mol. The highest BCUT2D eigenvalue weighted by Crippen LogP contribution is 2.32. The van der Waals surface area contributed by atoms with E-state index < -0.39 is 12.1 Å². The molecule has 0 atom stereocenters. The van der Waals surface area contributed by atoms with Crippen LogP contribution in [0.1, 0.15) is 5.89 Å². The van der Waals surface area contributed by atoms with E-state index in [1.54, 1.807) is 24.3 Å². The Hall–Kier alpha value is -2.61. The number of rotatable bonds is 3. The number of benzene rings is 1. The number of aromatic nitrogens is 3. The summed E-state index contributed by atoms with van der Waals surface area (Å²) in [5.41, 5.74) is 0.307. The van der Waals surface area contributed by atoms with Crippen LogP contribution in [-0.4, -0.2) is 15.1 Å². The van der Waals surface area contributed by atoms with Crippen LogP contribution in [0.5, 0.6) is 11.5 Å². The van der Waals surface area contributed by atoms with Crippen LogP contribution in [0.4, 0.5) is 13.2 Å². The molecule has 23 heavy (non-hydrogen) atoms. The first-order valence-corrected chi connectivity index (χ1v) is 6.61. The third-order valence-corrected chi connectivity index (χ3v) is 3.00. The fraction of sp³-hybridized carbons (Fsp3) is 0.0714. The molecule has 2 aromatic heterocycles. The predicted molar refractivity (Wildman–Crippen MR) is 74.1 cm³/mol. The minimum atomic E-state index is -4.69. The van der Waals surface area contributed by atoms with Gasteiger partial charge in [-0.1, -0.05) is 28.9 Å². The lowest BCUT2D eigenvalue weighted by atomic mass is 10.2. The number of alkyl halides is 3. The van der Waals surface area contributed by atoms with Crippen LogP contribution in [-0.2, 0) is 6.18 Å². The first-order chi connectivity index (χ1) is 10.9. The third-order valence-electron chi connectivity index (χ3n) is 2.71. The molecule has 0 amide bonds. The summed E-state index contributed by atoms with van der Waals surface area (Å²) in [6.45, 7) is 0. The molecule has 1 aromatic carbocycles. The molecule has 0 N–H and O–H groups in total. The Balaban J connectivity index is 1.88. The van der Waals surface area contributed by atoms with E-state index in [9.17, 15) is 13.2 Å². The highest BCUT2D eigenvalue weighted by Gasteiger charge is 2.38. The lowest BCUT2D eigenvalue weighted by molar-refractivity contribution is -0.159. The Morgan fingerprint density at radius 2 is 1.96 bits per heavy atom. The van der Waals surface area contributed by atoms with Gasteiger partial charge in [-0.05, 0) is 24.3 Å². The maximum Gasteiger partial charge on any atom is 0.471 e. The summed E-state index contributed by atoms with van der Waals surface area (Å²) in [5, 5.41) is 3.48. The Bertz CT molecular complexity index is 836. The highest BCUT2D eigenvalue weighted by molar-refractivity contribution is 6.30. The van der Waals surface area contributed by atoms with E-state index >= 15 is 0 Å². The van der Waals surface area contributed by atoms with E-state index in [1.807, 2.05) is 0 Å². The van der Waals surface area contributed by atoms with Crippen molar-refractivity contribution in [2.24, 2.45) is 0 Å². The molecule has 3 aromatic rings. The van der Waals surface area contributed by atoms with Crippen molar-refractivity contribution >= 4 is 11.6 Å². The smallest absolute Gasteiger partial charge is 0.454 e. The number of hydrogen-bond donors (Lipinski definition) is 0. The Morgan fingerprint density at radius 3 is 2.65 bits per heavy atom. The van der Waals surface area contributed by atoms with Crippen molar-refractivity contribution in [2.45, 2.75) is 6.18 Å². The van der Waals surface area contributed by atoms with E-state index in [1.165, 1.54) is 18.3 Å². The van der Waals surface area contributed by atoms with E-state index in [0.717, 1.165) is 0 Å². The highest BCUT2D eigenvalue weighted by atomic mass is 35.5. The van der Waals surface area contributed by atoms with E-state index in [2.05, 4.69) is 19.6 Å². The SMILES string of the molecule is FC(F)(F)c1nc(-c2cccc(Oc3cccnc3Cl)c2)no1. The zero-order valence-corrected chi connectivity index (χ0v) is 12.0. The molecule has 3 rings (SSSR count). The largest absolute Gasteiger partial charge is 0.471 e. The van der Waals surface area contributed by atoms with Crippen LogP contribution in [0.3, 0.4) is 0 Å². The second-order valence-corrected chi connectivity index (χ2v) is 4.70. The van der Waals surface area contributed by atoms with Gasteiger partial charge in [-0.3, -0.25) is 0 Å². The van der Waals surface area contributed by atoms with Crippen molar-refractivity contribution in [3.8, 4) is 22.9 Å². The molecule has 0 aliphatic carbocycles. The molecule has 5 nitrogen and oxygen atoms in total. The molecular weight excluding hydrogens is 335 g/mol. The van der Waals surface area contributed by atoms with Gasteiger partial charge >= 0.3 is 12.1 Å². The van der Waals surface area contributed by atoms with Gasteiger partial charge in [-0.25, -0.2) is 4.98 Å². The van der Waals surface area contributed by atoms with Crippen molar-refractivity contribution in [1.82, 2.24) is 15.1 Å². The van der Waals surface area contributed by atoms with Crippen LogP contribution in [0, 0.1) is 0 Å². The maximum atomic E-state index is 12.5. The van der Waals surface area contributed by atoms with Crippen molar-refractivity contribution in [2.75, 3.05) is 0 Å². The molecule has 0 saturated heterocycles. The van der Waals surface area contributed by atoms with Gasteiger partial charge in [0, 0.05) is 11.8 Å². The lowest BCUT2D eigenvalue weighted by Gasteiger charge is -2.07. The summed E-state index contributed by atoms with van der Waals surface area (Å²) < 4.78 is 47.2. The second kappa shape index (κ2) is 5.88. The van der Waals surface area contributed by atoms with Gasteiger partial charge in [0.1, 0.15) is 5.75 Å². The summed E-state index contributed by atoms with van der Waals surface area (Å²) in [7, 11) is 0. The minimum absolute atomic E-state index is 0.164. The first kappa shape index (κ1) is 15.3. The average Bonchev–Trinajstić information content (AvgIpc) is 3.00. The molecule has 0 unspecified atom stereocenters. The van der Waals surface area contributed by atoms with Crippen LogP contribution in [0.25, 0.3) is 11.4 Å². The van der Waals surface area contributed by atoms with Crippen LogP contribution >= 0.6 is 11.6 Å². The molecule has 2 heterocycles. The van der Waals surface area contributed by atoms with Crippen LogP contribution in [0.15, 0.2) is 47.1 Å². The molecule has 0 radical (unpaired) electrons. The van der Waals surface area contributed by atoms with Crippen LogP contribution < -0.4 is 4.74 Å². The zero-order valence-electron chi connectivity index (χ0n) is 11.2. The zero-order chi connectivity index (χ0) is 16.4. The van der Waals surface area contributed by atoms with E-state index in [4.69, 9.17) is 16.3 Å². The number of ether oxygens (including phenoxy) is 1. The summed E-state index contributed by atoms with van der Waals surface area (Å²) in [6, 6.07) is 9.44. The Kier molecular flexibility index (Phi) is 3.91. The topological polar surface area (TPSA) is 61.0 Å². The minimum Gasteiger partial charge on any atom is -0.454 e. The van der Waals surface area contributed by atoms with Gasteiger partial charge in [0.05, 0.1) is 0 Å². The molecule has 9 heteroatoms. The van der Waals surface area contributed by atoms with E-state index in [-0.39, 0.29) is 11.0 Å². The van der Waals surface area contributed by atoms with E-state index in [0.29, 0.717) is 17.1 Å². The van der Waals surface area contributed by atoms with Gasteiger partial charge < -0.3 is 9.26 Å². The monoisotopic (exact) mass is 341 g/mol. The summed E-state index contributed by atoms with van der Waals surface area (Å²) in [5.74, 6) is -0.944.